The highest BCUT2D eigenvalue weighted by atomic mass is 32.2. The molecule has 2 amide bonds. The molecule has 4 nitrogen and oxygen atoms in total. The Balaban J connectivity index is 1.50. The van der Waals surface area contributed by atoms with Gasteiger partial charge in [-0.15, -0.1) is 11.8 Å². The third-order valence-corrected chi connectivity index (χ3v) is 4.94. The highest BCUT2D eigenvalue weighted by Crippen LogP contribution is 2.24. The summed E-state index contributed by atoms with van der Waals surface area (Å²) in [4.78, 5) is 26.6. The first-order chi connectivity index (χ1) is 12.1. The lowest BCUT2D eigenvalue weighted by molar-refractivity contribution is -0.117. The molecule has 6 heteroatoms. The maximum absolute atomic E-state index is 12.9. The second-order valence-corrected chi connectivity index (χ2v) is 6.97. The number of nitrogens with zero attached hydrogens (tertiary/aromatic N) is 1. The van der Waals surface area contributed by atoms with Crippen LogP contribution in [0.15, 0.2) is 53.4 Å². The number of carbonyl (C=O) groups is 2. The van der Waals surface area contributed by atoms with Crippen molar-refractivity contribution in [3.63, 3.8) is 0 Å². The molecule has 0 unspecified atom stereocenters. The summed E-state index contributed by atoms with van der Waals surface area (Å²) in [6, 6.07) is 13.6. The predicted molar refractivity (Wildman–Crippen MR) is 98.4 cm³/mol. The zero-order valence-electron chi connectivity index (χ0n) is 13.7. The maximum atomic E-state index is 12.9. The van der Waals surface area contributed by atoms with E-state index in [1.807, 2.05) is 24.3 Å². The second kappa shape index (κ2) is 8.16. The van der Waals surface area contributed by atoms with Crippen molar-refractivity contribution in [2.75, 3.05) is 22.5 Å². The van der Waals surface area contributed by atoms with Crippen LogP contribution in [0.5, 0.6) is 0 Å². The van der Waals surface area contributed by atoms with Crippen molar-refractivity contribution >= 4 is 35.0 Å². The van der Waals surface area contributed by atoms with Gasteiger partial charge in [0.25, 0.3) is 0 Å². The van der Waals surface area contributed by atoms with Gasteiger partial charge in [0, 0.05) is 41.4 Å². The molecule has 0 saturated carbocycles. The number of thioether (sulfide) groups is 1. The van der Waals surface area contributed by atoms with E-state index in [2.05, 4.69) is 5.32 Å². The summed E-state index contributed by atoms with van der Waals surface area (Å²) in [6.07, 6.45) is 1.81. The molecule has 3 rings (SSSR count). The molecule has 25 heavy (non-hydrogen) atoms. The highest BCUT2D eigenvalue weighted by molar-refractivity contribution is 7.99. The molecular formula is C19H19FN2O2S. The predicted octanol–water partition coefficient (Wildman–Crippen LogP) is 4.07. The van der Waals surface area contributed by atoms with E-state index in [1.54, 1.807) is 17.0 Å². The van der Waals surface area contributed by atoms with Crippen LogP contribution in [0.4, 0.5) is 15.8 Å². The lowest BCUT2D eigenvalue weighted by Gasteiger charge is -2.16. The minimum absolute atomic E-state index is 0.0838. The van der Waals surface area contributed by atoms with Crippen molar-refractivity contribution in [1.29, 1.82) is 0 Å². The number of hydrogen-bond acceptors (Lipinski definition) is 3. The Morgan fingerprint density at radius 1 is 1.20 bits per heavy atom. The van der Waals surface area contributed by atoms with Crippen LogP contribution in [0, 0.1) is 5.82 Å². The van der Waals surface area contributed by atoms with Gasteiger partial charge in [0.1, 0.15) is 5.82 Å². The average molecular weight is 358 g/mol. The molecule has 0 aromatic heterocycles. The van der Waals surface area contributed by atoms with Crippen LogP contribution in [0.3, 0.4) is 0 Å². The van der Waals surface area contributed by atoms with E-state index in [-0.39, 0.29) is 17.6 Å². The SMILES string of the molecule is O=C(CCSc1ccc(F)cc1)Nc1cccc(N2CCCC2=O)c1. The summed E-state index contributed by atoms with van der Waals surface area (Å²) in [5, 5.41) is 2.87. The Bertz CT molecular complexity index is 764. The fourth-order valence-electron chi connectivity index (χ4n) is 2.69. The van der Waals surface area contributed by atoms with Gasteiger partial charge in [0.05, 0.1) is 0 Å². The molecule has 1 N–H and O–H groups in total. The number of amides is 2. The largest absolute Gasteiger partial charge is 0.326 e. The summed E-state index contributed by atoms with van der Waals surface area (Å²) in [7, 11) is 0. The van der Waals surface area contributed by atoms with Crippen LogP contribution in [0.1, 0.15) is 19.3 Å². The first-order valence-electron chi connectivity index (χ1n) is 8.20. The minimum atomic E-state index is -0.265. The molecule has 1 heterocycles. The van der Waals surface area contributed by atoms with E-state index in [0.717, 1.165) is 23.5 Å². The van der Waals surface area contributed by atoms with Gasteiger partial charge in [-0.1, -0.05) is 6.07 Å². The average Bonchev–Trinajstić information content (AvgIpc) is 3.03. The van der Waals surface area contributed by atoms with Gasteiger partial charge in [-0.3, -0.25) is 9.59 Å². The molecule has 0 radical (unpaired) electrons. The first kappa shape index (κ1) is 17.5. The van der Waals surface area contributed by atoms with E-state index in [9.17, 15) is 14.0 Å². The van der Waals surface area contributed by atoms with Crippen LogP contribution in [0.25, 0.3) is 0 Å². The van der Waals surface area contributed by atoms with Gasteiger partial charge in [-0.2, -0.15) is 0 Å². The lowest BCUT2D eigenvalue weighted by Crippen LogP contribution is -2.23. The van der Waals surface area contributed by atoms with Gasteiger partial charge in [0.2, 0.25) is 11.8 Å². The van der Waals surface area contributed by atoms with Crippen LogP contribution >= 0.6 is 11.8 Å². The lowest BCUT2D eigenvalue weighted by atomic mass is 10.2. The Labute approximate surface area is 150 Å². The molecular weight excluding hydrogens is 339 g/mol. The van der Waals surface area contributed by atoms with Crippen LogP contribution in [-0.2, 0) is 9.59 Å². The van der Waals surface area contributed by atoms with Crippen molar-refractivity contribution in [2.45, 2.75) is 24.2 Å². The van der Waals surface area contributed by atoms with E-state index in [1.165, 1.54) is 23.9 Å². The number of halogens is 1. The monoisotopic (exact) mass is 358 g/mol. The van der Waals surface area contributed by atoms with E-state index in [0.29, 0.717) is 24.3 Å². The molecule has 0 aliphatic carbocycles. The molecule has 1 fully saturated rings. The Kier molecular flexibility index (Phi) is 5.71. The summed E-state index contributed by atoms with van der Waals surface area (Å²) in [5.41, 5.74) is 1.51. The van der Waals surface area contributed by atoms with Crippen molar-refractivity contribution in [3.05, 3.63) is 54.3 Å². The number of nitrogens with one attached hydrogen (secondary N) is 1. The Morgan fingerprint density at radius 3 is 2.72 bits per heavy atom. The van der Waals surface area contributed by atoms with Gasteiger partial charge < -0.3 is 10.2 Å². The summed E-state index contributed by atoms with van der Waals surface area (Å²) >= 11 is 1.51. The summed E-state index contributed by atoms with van der Waals surface area (Å²) in [5.74, 6) is 0.388. The fraction of sp³-hybridized carbons (Fsp3) is 0.263. The maximum Gasteiger partial charge on any atom is 0.227 e. The zero-order chi connectivity index (χ0) is 17.6. The molecule has 2 aromatic carbocycles. The second-order valence-electron chi connectivity index (χ2n) is 5.80. The minimum Gasteiger partial charge on any atom is -0.326 e. The van der Waals surface area contributed by atoms with Crippen molar-refractivity contribution in [2.24, 2.45) is 0 Å². The number of hydrogen-bond donors (Lipinski definition) is 1. The van der Waals surface area contributed by atoms with Crippen molar-refractivity contribution < 1.29 is 14.0 Å². The van der Waals surface area contributed by atoms with Crippen LogP contribution in [0.2, 0.25) is 0 Å². The third-order valence-electron chi connectivity index (χ3n) is 3.93. The molecule has 1 aliphatic heterocycles. The number of anilines is 2. The number of rotatable bonds is 6. The molecule has 0 spiro atoms. The zero-order valence-corrected chi connectivity index (χ0v) is 14.5. The molecule has 2 aromatic rings. The smallest absolute Gasteiger partial charge is 0.227 e. The van der Waals surface area contributed by atoms with E-state index >= 15 is 0 Å². The quantitative estimate of drug-likeness (QED) is 0.792. The summed E-state index contributed by atoms with van der Waals surface area (Å²) < 4.78 is 12.9. The molecule has 130 valence electrons. The molecule has 1 aliphatic rings. The molecule has 0 atom stereocenters. The summed E-state index contributed by atoms with van der Waals surface area (Å²) in [6.45, 7) is 0.727. The van der Waals surface area contributed by atoms with Crippen LogP contribution < -0.4 is 10.2 Å². The van der Waals surface area contributed by atoms with Crippen LogP contribution in [-0.4, -0.2) is 24.1 Å². The first-order valence-corrected chi connectivity index (χ1v) is 9.19. The van der Waals surface area contributed by atoms with Gasteiger partial charge >= 0.3 is 0 Å². The Morgan fingerprint density at radius 2 is 2.00 bits per heavy atom. The van der Waals surface area contributed by atoms with Crippen molar-refractivity contribution in [1.82, 2.24) is 0 Å². The standard InChI is InChI=1S/C19H19FN2O2S/c20-14-6-8-17(9-7-14)25-12-10-18(23)21-15-3-1-4-16(13-15)22-11-2-5-19(22)24/h1,3-4,6-9,13H,2,5,10-12H2,(H,21,23). The van der Waals surface area contributed by atoms with Gasteiger partial charge in [-0.25, -0.2) is 4.39 Å². The fourth-order valence-corrected chi connectivity index (χ4v) is 3.54. The number of carbonyl (C=O) groups excluding carboxylic acids is 2. The van der Waals surface area contributed by atoms with Crippen molar-refractivity contribution in [3.8, 4) is 0 Å². The Hall–Kier alpha value is -2.34. The molecule has 1 saturated heterocycles. The third kappa shape index (κ3) is 4.82. The molecule has 0 bridgehead atoms. The normalized spacial score (nSPS) is 14.0. The topological polar surface area (TPSA) is 49.4 Å². The highest BCUT2D eigenvalue weighted by Gasteiger charge is 2.21. The van der Waals surface area contributed by atoms with E-state index < -0.39 is 0 Å². The number of benzene rings is 2. The van der Waals surface area contributed by atoms with Gasteiger partial charge in [-0.05, 0) is 48.9 Å². The van der Waals surface area contributed by atoms with Gasteiger partial charge in [0.15, 0.2) is 0 Å². The van der Waals surface area contributed by atoms with E-state index in [4.69, 9.17) is 0 Å².